The number of hydrogen-bond acceptors (Lipinski definition) is 7. The molecule has 3 atom stereocenters. The van der Waals surface area contributed by atoms with Crippen molar-refractivity contribution in [2.45, 2.75) is 88.3 Å². The number of β-lactam (4-membered cyclic amide) rings is 1. The summed E-state index contributed by atoms with van der Waals surface area (Å²) in [5.74, 6) is -2.60. The van der Waals surface area contributed by atoms with Crippen LogP contribution in [0.1, 0.15) is 60.3 Å². The predicted octanol–water partition coefficient (Wildman–Crippen LogP) is 1.78. The van der Waals surface area contributed by atoms with Crippen LogP contribution in [0.15, 0.2) is 0 Å². The minimum Gasteiger partial charge on any atom is -0.423 e. The Hall–Kier alpha value is -1.28. The highest BCUT2D eigenvalue weighted by molar-refractivity contribution is 8.01. The smallest absolute Gasteiger partial charge is 0.333 e. The summed E-state index contributed by atoms with van der Waals surface area (Å²) < 4.78 is 10.2. The third-order valence-electron chi connectivity index (χ3n) is 4.40. The molecular weight excluding hydrogens is 344 g/mol. The first-order valence-corrected chi connectivity index (χ1v) is 9.58. The highest BCUT2D eigenvalue weighted by Gasteiger charge is 2.63. The van der Waals surface area contributed by atoms with E-state index in [0.29, 0.717) is 6.42 Å². The van der Waals surface area contributed by atoms with Crippen molar-refractivity contribution in [3.63, 3.8) is 0 Å². The fourth-order valence-electron chi connectivity index (χ4n) is 3.19. The van der Waals surface area contributed by atoms with Crippen LogP contribution in [0.2, 0.25) is 0 Å². The maximum Gasteiger partial charge on any atom is 0.333 e. The molecule has 2 rings (SSSR count). The minimum absolute atomic E-state index is 0.209. The number of rotatable bonds is 7. The molecule has 8 heteroatoms. The fraction of sp³-hybridized carbons (Fsp3) is 0.824. The quantitative estimate of drug-likeness (QED) is 0.315. The Bertz CT molecular complexity index is 563. The molecule has 0 aromatic rings. The lowest BCUT2D eigenvalue weighted by molar-refractivity contribution is -0.221. The van der Waals surface area contributed by atoms with Gasteiger partial charge >= 0.3 is 11.9 Å². The van der Waals surface area contributed by atoms with Gasteiger partial charge in [0.2, 0.25) is 5.91 Å². The molecule has 0 unspecified atom stereocenters. The minimum atomic E-state index is -1.38. The number of amides is 1. The summed E-state index contributed by atoms with van der Waals surface area (Å²) in [6.07, 6.45) is 2.99. The normalized spacial score (nSPS) is 27.5. The number of carbonyl (C=O) groups is 3. The summed E-state index contributed by atoms with van der Waals surface area (Å²) in [5.41, 5.74) is 5.81. The summed E-state index contributed by atoms with van der Waals surface area (Å²) >= 11 is 1.49. The van der Waals surface area contributed by atoms with Gasteiger partial charge in [-0.05, 0) is 20.3 Å². The predicted molar refractivity (Wildman–Crippen MR) is 94.5 cm³/mol. The van der Waals surface area contributed by atoms with E-state index in [9.17, 15) is 14.4 Å². The number of thioether (sulfide) groups is 1. The van der Waals surface area contributed by atoms with Crippen LogP contribution in [0.3, 0.4) is 0 Å². The Labute approximate surface area is 153 Å². The molecule has 0 aromatic carbocycles. The van der Waals surface area contributed by atoms with Crippen molar-refractivity contribution in [3.8, 4) is 0 Å². The van der Waals surface area contributed by atoms with Crippen molar-refractivity contribution in [1.82, 2.24) is 4.90 Å². The van der Waals surface area contributed by atoms with Crippen LogP contribution < -0.4 is 5.73 Å². The van der Waals surface area contributed by atoms with Crippen molar-refractivity contribution in [3.05, 3.63) is 0 Å². The monoisotopic (exact) mass is 372 g/mol. The molecule has 2 fully saturated rings. The number of nitrogens with two attached hydrogens (primary N) is 1. The maximum atomic E-state index is 12.7. The largest absolute Gasteiger partial charge is 0.423 e. The van der Waals surface area contributed by atoms with Gasteiger partial charge in [-0.15, -0.1) is 11.8 Å². The topological polar surface area (TPSA) is 98.9 Å². The van der Waals surface area contributed by atoms with Gasteiger partial charge in [-0.2, -0.15) is 0 Å². The summed E-state index contributed by atoms with van der Waals surface area (Å²) in [6.45, 7) is 8.86. The number of hydrogen-bond donors (Lipinski definition) is 1. The Morgan fingerprint density at radius 2 is 1.92 bits per heavy atom. The Kier molecular flexibility index (Phi) is 5.73. The lowest BCUT2D eigenvalue weighted by Crippen LogP contribution is -2.69. The number of esters is 2. The first kappa shape index (κ1) is 20.0. The van der Waals surface area contributed by atoms with E-state index in [2.05, 4.69) is 6.92 Å². The molecule has 7 nitrogen and oxygen atoms in total. The third-order valence-corrected chi connectivity index (χ3v) is 5.99. The lowest BCUT2D eigenvalue weighted by Gasteiger charge is -2.42. The molecule has 2 aliphatic rings. The van der Waals surface area contributed by atoms with E-state index in [0.717, 1.165) is 19.3 Å². The molecule has 2 aliphatic heterocycles. The Morgan fingerprint density at radius 1 is 1.28 bits per heavy atom. The number of ether oxygens (including phenoxy) is 2. The highest BCUT2D eigenvalue weighted by atomic mass is 32.2. The zero-order valence-electron chi connectivity index (χ0n) is 15.5. The van der Waals surface area contributed by atoms with Crippen LogP contribution in [0, 0.1) is 0 Å². The molecule has 1 amide bonds. The lowest BCUT2D eigenvalue weighted by atomic mass is 9.96. The fourth-order valence-corrected chi connectivity index (χ4v) is 4.75. The Morgan fingerprint density at radius 3 is 2.52 bits per heavy atom. The second-order valence-electron chi connectivity index (χ2n) is 7.54. The number of fused-ring (bicyclic) bond motifs is 1. The molecule has 2 N–H and O–H groups in total. The molecule has 0 spiro atoms. The van der Waals surface area contributed by atoms with E-state index in [4.69, 9.17) is 15.2 Å². The van der Waals surface area contributed by atoms with Crippen molar-refractivity contribution in [1.29, 1.82) is 0 Å². The second kappa shape index (κ2) is 7.15. The first-order chi connectivity index (χ1) is 11.5. The second-order valence-corrected chi connectivity index (χ2v) is 9.31. The van der Waals surface area contributed by atoms with E-state index in [1.807, 2.05) is 13.8 Å². The van der Waals surface area contributed by atoms with Crippen LogP contribution in [0.5, 0.6) is 0 Å². The maximum absolute atomic E-state index is 12.7. The third kappa shape index (κ3) is 4.11. The van der Waals surface area contributed by atoms with Crippen molar-refractivity contribution >= 4 is 29.6 Å². The standard InChI is InChI=1S/C17H28N2O5S/c1-6-7-8-9-10(20)23-17(4,5)24-15(22)12-16(2,3)25-14-11(18)13(21)19(12)14/h11-12,14H,6-9,18H2,1-5H3/t11-,12+,14-/m1/s1. The van der Waals surface area contributed by atoms with Crippen molar-refractivity contribution in [2.24, 2.45) is 5.73 Å². The van der Waals surface area contributed by atoms with E-state index >= 15 is 0 Å². The first-order valence-electron chi connectivity index (χ1n) is 8.70. The summed E-state index contributed by atoms with van der Waals surface area (Å²) in [6, 6.07) is -1.32. The SMILES string of the molecule is CCCCCC(=O)OC(C)(C)OC(=O)[C@@H]1N2C(=O)[C@@H](N)[C@H]2SC1(C)C. The molecule has 0 bridgehead atoms. The molecule has 0 radical (unpaired) electrons. The molecule has 0 saturated carbocycles. The average molecular weight is 372 g/mol. The van der Waals surface area contributed by atoms with Gasteiger partial charge in [0.25, 0.3) is 5.79 Å². The van der Waals surface area contributed by atoms with Crippen LogP contribution in [-0.4, -0.2) is 50.7 Å². The van der Waals surface area contributed by atoms with Crippen LogP contribution in [0.4, 0.5) is 0 Å². The van der Waals surface area contributed by atoms with E-state index < -0.39 is 34.6 Å². The summed E-state index contributed by atoms with van der Waals surface area (Å²) in [4.78, 5) is 38.1. The van der Waals surface area contributed by atoms with Gasteiger partial charge in [0.1, 0.15) is 17.5 Å². The van der Waals surface area contributed by atoms with Gasteiger partial charge in [0, 0.05) is 25.0 Å². The van der Waals surface area contributed by atoms with Crippen LogP contribution >= 0.6 is 11.8 Å². The summed E-state index contributed by atoms with van der Waals surface area (Å²) in [5, 5.41) is -0.209. The Balaban J connectivity index is 1.98. The molecule has 2 saturated heterocycles. The summed E-state index contributed by atoms with van der Waals surface area (Å²) in [7, 11) is 0. The molecule has 0 aliphatic carbocycles. The van der Waals surface area contributed by atoms with Crippen LogP contribution in [0.25, 0.3) is 0 Å². The molecule has 25 heavy (non-hydrogen) atoms. The molecule has 0 aromatic heterocycles. The zero-order valence-corrected chi connectivity index (χ0v) is 16.4. The van der Waals surface area contributed by atoms with Gasteiger partial charge < -0.3 is 20.1 Å². The van der Waals surface area contributed by atoms with E-state index in [1.54, 1.807) is 0 Å². The van der Waals surface area contributed by atoms with Gasteiger partial charge in [0.05, 0.1) is 0 Å². The average Bonchev–Trinajstić information content (AvgIpc) is 2.74. The number of carbonyl (C=O) groups excluding carboxylic acids is 3. The number of unbranched alkanes of at least 4 members (excludes halogenated alkanes) is 2. The van der Waals surface area contributed by atoms with Gasteiger partial charge in [-0.25, -0.2) is 4.79 Å². The number of nitrogens with zero attached hydrogens (tertiary/aromatic N) is 1. The van der Waals surface area contributed by atoms with E-state index in [1.165, 1.54) is 30.5 Å². The van der Waals surface area contributed by atoms with Gasteiger partial charge in [0.15, 0.2) is 0 Å². The molecule has 142 valence electrons. The molecule has 2 heterocycles. The van der Waals surface area contributed by atoms with E-state index in [-0.39, 0.29) is 11.3 Å². The van der Waals surface area contributed by atoms with Crippen molar-refractivity contribution in [2.75, 3.05) is 0 Å². The highest BCUT2D eigenvalue weighted by Crippen LogP contribution is 2.50. The van der Waals surface area contributed by atoms with Gasteiger partial charge in [-0.3, -0.25) is 9.59 Å². The van der Waals surface area contributed by atoms with Crippen molar-refractivity contribution < 1.29 is 23.9 Å². The zero-order chi connectivity index (χ0) is 19.0. The van der Waals surface area contributed by atoms with Gasteiger partial charge in [-0.1, -0.05) is 19.8 Å². The van der Waals surface area contributed by atoms with Crippen LogP contribution in [-0.2, 0) is 23.9 Å². The molecular formula is C17H28N2O5S.